The smallest absolute Gasteiger partial charge is 0.236 e. The molecule has 6 nitrogen and oxygen atoms in total. The number of rotatable bonds is 3. The monoisotopic (exact) mass is 284 g/mol. The number of nitrogens with zero attached hydrogens (tertiary/aromatic N) is 5. The van der Waals surface area contributed by atoms with Crippen LogP contribution in [0.25, 0.3) is 0 Å². The van der Waals surface area contributed by atoms with E-state index in [0.717, 1.165) is 19.4 Å². The molecule has 1 aromatic carbocycles. The first kappa shape index (κ1) is 13.6. The first-order valence-corrected chi connectivity index (χ1v) is 7.15. The lowest BCUT2D eigenvalue weighted by Gasteiger charge is -2.29. The normalized spacial score (nSPS) is 13.8. The van der Waals surface area contributed by atoms with Gasteiger partial charge in [0.25, 0.3) is 0 Å². The van der Waals surface area contributed by atoms with Crippen molar-refractivity contribution in [2.24, 2.45) is 0 Å². The van der Waals surface area contributed by atoms with Crippen molar-refractivity contribution in [1.82, 2.24) is 15.0 Å². The molecule has 110 valence electrons. The summed E-state index contributed by atoms with van der Waals surface area (Å²) in [6.45, 7) is 0.928. The van der Waals surface area contributed by atoms with E-state index in [0.29, 0.717) is 17.8 Å². The molecule has 3 rings (SSSR count). The number of para-hydroxylation sites is 1. The van der Waals surface area contributed by atoms with E-state index in [1.165, 1.54) is 11.3 Å². The minimum absolute atomic E-state index is 0.590. The van der Waals surface area contributed by atoms with Gasteiger partial charge in [-0.25, -0.2) is 0 Å². The van der Waals surface area contributed by atoms with E-state index in [1.807, 2.05) is 26.0 Å². The summed E-state index contributed by atoms with van der Waals surface area (Å²) in [5, 5.41) is 3.01. The molecular formula is C15H20N6. The molecule has 2 aromatic rings. The second kappa shape index (κ2) is 5.55. The van der Waals surface area contributed by atoms with E-state index in [1.54, 1.807) is 0 Å². The lowest BCUT2D eigenvalue weighted by atomic mass is 10.0. The maximum Gasteiger partial charge on any atom is 0.236 e. The highest BCUT2D eigenvalue weighted by atomic mass is 15.4. The average Bonchev–Trinajstić information content (AvgIpc) is 2.53. The van der Waals surface area contributed by atoms with E-state index in [9.17, 15) is 0 Å². The quantitative estimate of drug-likeness (QED) is 0.931. The van der Waals surface area contributed by atoms with Gasteiger partial charge in [-0.05, 0) is 24.5 Å². The highest BCUT2D eigenvalue weighted by molar-refractivity contribution is 5.64. The topological polar surface area (TPSA) is 57.2 Å². The summed E-state index contributed by atoms with van der Waals surface area (Å²) in [5.41, 5.74) is 2.54. The zero-order chi connectivity index (χ0) is 14.8. The van der Waals surface area contributed by atoms with E-state index in [4.69, 9.17) is 0 Å². The van der Waals surface area contributed by atoms with Gasteiger partial charge in [-0.3, -0.25) is 0 Å². The maximum absolute atomic E-state index is 4.59. The number of nitrogens with one attached hydrogen (secondary N) is 1. The molecule has 21 heavy (non-hydrogen) atoms. The molecule has 0 fully saturated rings. The molecule has 0 amide bonds. The molecule has 0 bridgehead atoms. The van der Waals surface area contributed by atoms with Crippen LogP contribution in [0.15, 0.2) is 24.3 Å². The van der Waals surface area contributed by atoms with Gasteiger partial charge in [-0.2, -0.15) is 15.0 Å². The third-order valence-corrected chi connectivity index (χ3v) is 3.59. The summed E-state index contributed by atoms with van der Waals surface area (Å²) in [6, 6.07) is 8.45. The summed E-state index contributed by atoms with van der Waals surface area (Å²) >= 11 is 0. The molecule has 6 heteroatoms. The first-order chi connectivity index (χ1) is 10.2. The Labute approximate surface area is 124 Å². The van der Waals surface area contributed by atoms with Gasteiger partial charge in [-0.1, -0.05) is 18.2 Å². The summed E-state index contributed by atoms with van der Waals surface area (Å²) in [7, 11) is 5.69. The molecule has 0 aliphatic carbocycles. The number of aromatic nitrogens is 3. The van der Waals surface area contributed by atoms with Gasteiger partial charge in [0.05, 0.1) is 0 Å². The van der Waals surface area contributed by atoms with E-state index < -0.39 is 0 Å². The van der Waals surface area contributed by atoms with Gasteiger partial charge in [0.2, 0.25) is 17.8 Å². The minimum atomic E-state index is 0.590. The molecule has 1 N–H and O–H groups in total. The van der Waals surface area contributed by atoms with E-state index in [2.05, 4.69) is 49.4 Å². The van der Waals surface area contributed by atoms with Gasteiger partial charge in [0.15, 0.2) is 0 Å². The molecular weight excluding hydrogens is 264 g/mol. The number of aryl methyl sites for hydroxylation is 1. The predicted molar refractivity (Wildman–Crippen MR) is 85.5 cm³/mol. The lowest BCUT2D eigenvalue weighted by Crippen LogP contribution is -2.27. The molecule has 2 heterocycles. The number of anilines is 4. The van der Waals surface area contributed by atoms with Crippen LogP contribution in [0.5, 0.6) is 0 Å². The van der Waals surface area contributed by atoms with Crippen molar-refractivity contribution in [3.8, 4) is 0 Å². The van der Waals surface area contributed by atoms with Gasteiger partial charge < -0.3 is 15.1 Å². The fraction of sp³-hybridized carbons (Fsp3) is 0.400. The Hall–Kier alpha value is -2.37. The van der Waals surface area contributed by atoms with Crippen molar-refractivity contribution < 1.29 is 0 Å². The van der Waals surface area contributed by atoms with Crippen molar-refractivity contribution in [1.29, 1.82) is 0 Å². The van der Waals surface area contributed by atoms with Crippen molar-refractivity contribution in [3.05, 3.63) is 29.8 Å². The summed E-state index contributed by atoms with van der Waals surface area (Å²) < 4.78 is 0. The summed E-state index contributed by atoms with van der Waals surface area (Å²) in [6.07, 6.45) is 2.21. The van der Waals surface area contributed by atoms with E-state index in [-0.39, 0.29) is 0 Å². The third-order valence-electron chi connectivity index (χ3n) is 3.59. The maximum atomic E-state index is 4.59. The first-order valence-electron chi connectivity index (χ1n) is 7.15. The molecule has 0 atom stereocenters. The third kappa shape index (κ3) is 2.61. The molecule has 0 saturated carbocycles. The fourth-order valence-electron chi connectivity index (χ4n) is 2.53. The molecule has 0 saturated heterocycles. The SMILES string of the molecule is CNc1nc(N(C)C)nc(N2CCCc3ccccc32)n1. The number of hydrogen-bond acceptors (Lipinski definition) is 6. The summed E-state index contributed by atoms with van der Waals surface area (Å²) in [5.74, 6) is 1.95. The number of fused-ring (bicyclic) bond motifs is 1. The lowest BCUT2D eigenvalue weighted by molar-refractivity contribution is 0.746. The van der Waals surface area contributed by atoms with Crippen LogP contribution in [0, 0.1) is 0 Å². The van der Waals surface area contributed by atoms with Crippen LogP contribution in [0.1, 0.15) is 12.0 Å². The molecule has 1 aliphatic rings. The minimum Gasteiger partial charge on any atom is -0.357 e. The number of hydrogen-bond donors (Lipinski definition) is 1. The van der Waals surface area contributed by atoms with Crippen LogP contribution in [0.4, 0.5) is 23.5 Å². The molecule has 1 aromatic heterocycles. The van der Waals surface area contributed by atoms with Crippen LogP contribution in [0.3, 0.4) is 0 Å². The van der Waals surface area contributed by atoms with Crippen LogP contribution < -0.4 is 15.1 Å². The molecule has 1 aliphatic heterocycles. The van der Waals surface area contributed by atoms with Crippen LogP contribution in [0.2, 0.25) is 0 Å². The van der Waals surface area contributed by atoms with Gasteiger partial charge in [0, 0.05) is 33.4 Å². The van der Waals surface area contributed by atoms with Gasteiger partial charge >= 0.3 is 0 Å². The second-order valence-electron chi connectivity index (χ2n) is 5.29. The van der Waals surface area contributed by atoms with E-state index >= 15 is 0 Å². The Morgan fingerprint density at radius 1 is 1.14 bits per heavy atom. The van der Waals surface area contributed by atoms with Crippen molar-refractivity contribution >= 4 is 23.5 Å². The van der Waals surface area contributed by atoms with Crippen molar-refractivity contribution in [3.63, 3.8) is 0 Å². The standard InChI is InChI=1S/C15H20N6/c1-16-13-17-14(20(2)3)19-15(18-13)21-10-6-8-11-7-4-5-9-12(11)21/h4-5,7,9H,6,8,10H2,1-3H3,(H,16,17,18,19). The highest BCUT2D eigenvalue weighted by Crippen LogP contribution is 2.32. The Bertz CT molecular complexity index is 640. The largest absolute Gasteiger partial charge is 0.357 e. The van der Waals surface area contributed by atoms with Gasteiger partial charge in [-0.15, -0.1) is 0 Å². The fourth-order valence-corrected chi connectivity index (χ4v) is 2.53. The predicted octanol–water partition coefficient (Wildman–Crippen LogP) is 2.06. The Balaban J connectivity index is 2.07. The zero-order valence-corrected chi connectivity index (χ0v) is 12.7. The summed E-state index contributed by atoms with van der Waals surface area (Å²) in [4.78, 5) is 17.5. The van der Waals surface area contributed by atoms with Gasteiger partial charge in [0.1, 0.15) is 0 Å². The Kier molecular flexibility index (Phi) is 3.60. The van der Waals surface area contributed by atoms with Crippen LogP contribution in [-0.4, -0.2) is 42.6 Å². The van der Waals surface area contributed by atoms with Crippen molar-refractivity contribution in [2.45, 2.75) is 12.8 Å². The molecule has 0 radical (unpaired) electrons. The highest BCUT2D eigenvalue weighted by Gasteiger charge is 2.21. The second-order valence-corrected chi connectivity index (χ2v) is 5.29. The van der Waals surface area contributed by atoms with Crippen LogP contribution >= 0.6 is 0 Å². The zero-order valence-electron chi connectivity index (χ0n) is 12.7. The molecule has 0 unspecified atom stereocenters. The Morgan fingerprint density at radius 2 is 1.95 bits per heavy atom. The van der Waals surface area contributed by atoms with Crippen LogP contribution in [-0.2, 0) is 6.42 Å². The Morgan fingerprint density at radius 3 is 2.71 bits per heavy atom. The van der Waals surface area contributed by atoms with Crippen molar-refractivity contribution in [2.75, 3.05) is 42.8 Å². The molecule has 0 spiro atoms. The average molecular weight is 284 g/mol. The number of benzene rings is 1.